The lowest BCUT2D eigenvalue weighted by molar-refractivity contribution is 0.0827. The normalized spacial score (nSPS) is 10.5. The Kier molecular flexibility index (Phi) is 6.80. The molecule has 0 saturated heterocycles. The van der Waals surface area contributed by atoms with Crippen molar-refractivity contribution in [1.29, 1.82) is 0 Å². The van der Waals surface area contributed by atoms with E-state index >= 15 is 0 Å². The largest absolute Gasteiger partial charge is 0.492 e. The number of benzene rings is 2. The molecular weight excluding hydrogens is 396 g/mol. The number of ether oxygens (including phenoxy) is 1. The van der Waals surface area contributed by atoms with Crippen LogP contribution in [0.3, 0.4) is 0 Å². The predicted octanol–water partition coefficient (Wildman–Crippen LogP) is 4.44. The zero-order valence-corrected chi connectivity index (χ0v) is 17.0. The van der Waals surface area contributed by atoms with Crippen LogP contribution in [-0.4, -0.2) is 37.4 Å². The Balaban J connectivity index is 2.05. The van der Waals surface area contributed by atoms with Crippen molar-refractivity contribution in [3.8, 4) is 5.75 Å². The van der Waals surface area contributed by atoms with Crippen LogP contribution >= 0.6 is 15.9 Å². The number of carbonyl (C=O) groups is 2. The smallest absolute Gasteiger partial charge is 0.255 e. The Hall–Kier alpha value is -2.34. The van der Waals surface area contributed by atoms with E-state index in [2.05, 4.69) is 35.1 Å². The number of nitrogens with zero attached hydrogens (tertiary/aromatic N) is 1. The van der Waals surface area contributed by atoms with Crippen LogP contribution in [0.2, 0.25) is 0 Å². The van der Waals surface area contributed by atoms with Crippen LogP contribution in [-0.2, 0) is 0 Å². The average Bonchev–Trinajstić information content (AvgIpc) is 2.60. The number of carbonyl (C=O) groups excluding carboxylic acids is 2. The van der Waals surface area contributed by atoms with E-state index in [1.54, 1.807) is 56.6 Å². The van der Waals surface area contributed by atoms with E-state index in [4.69, 9.17) is 4.74 Å². The van der Waals surface area contributed by atoms with Crippen molar-refractivity contribution in [3.05, 3.63) is 58.1 Å². The standard InChI is InChI=1S/C20H23BrN2O3/c1-13(2)12-26-18-10-7-15(11-17(18)21)19(24)22-16-8-5-14(6-9-16)20(25)23(3)4/h5-11,13H,12H2,1-4H3,(H,22,24). The fraction of sp³-hybridized carbons (Fsp3) is 0.300. The summed E-state index contributed by atoms with van der Waals surface area (Å²) < 4.78 is 6.43. The van der Waals surface area contributed by atoms with E-state index in [0.717, 1.165) is 4.47 Å². The molecule has 0 saturated carbocycles. The highest BCUT2D eigenvalue weighted by Gasteiger charge is 2.11. The molecule has 2 aromatic carbocycles. The van der Waals surface area contributed by atoms with Crippen LogP contribution in [0.1, 0.15) is 34.6 Å². The van der Waals surface area contributed by atoms with Gasteiger partial charge in [0, 0.05) is 30.9 Å². The van der Waals surface area contributed by atoms with Gasteiger partial charge in [-0.25, -0.2) is 0 Å². The highest BCUT2D eigenvalue weighted by Crippen LogP contribution is 2.27. The lowest BCUT2D eigenvalue weighted by Gasteiger charge is -2.12. The molecule has 0 atom stereocenters. The molecule has 0 aliphatic rings. The summed E-state index contributed by atoms with van der Waals surface area (Å²) in [6.07, 6.45) is 0. The van der Waals surface area contributed by atoms with Crippen LogP contribution in [0.5, 0.6) is 5.75 Å². The molecule has 5 nitrogen and oxygen atoms in total. The number of hydrogen-bond acceptors (Lipinski definition) is 3. The molecule has 1 N–H and O–H groups in total. The maximum Gasteiger partial charge on any atom is 0.255 e. The molecule has 2 amide bonds. The van der Waals surface area contributed by atoms with Crippen molar-refractivity contribution in [2.24, 2.45) is 5.92 Å². The molecular formula is C20H23BrN2O3. The SMILES string of the molecule is CC(C)COc1ccc(C(=O)Nc2ccc(C(=O)N(C)C)cc2)cc1Br. The number of rotatable bonds is 6. The second kappa shape index (κ2) is 8.85. The topological polar surface area (TPSA) is 58.6 Å². The monoisotopic (exact) mass is 418 g/mol. The van der Waals surface area contributed by atoms with Gasteiger partial charge >= 0.3 is 0 Å². The first-order valence-corrected chi connectivity index (χ1v) is 9.12. The van der Waals surface area contributed by atoms with E-state index in [-0.39, 0.29) is 11.8 Å². The zero-order chi connectivity index (χ0) is 19.3. The number of hydrogen-bond donors (Lipinski definition) is 1. The van der Waals surface area contributed by atoms with Gasteiger partial charge in [0.05, 0.1) is 11.1 Å². The van der Waals surface area contributed by atoms with Gasteiger partial charge in [-0.15, -0.1) is 0 Å². The minimum absolute atomic E-state index is 0.0798. The lowest BCUT2D eigenvalue weighted by atomic mass is 10.1. The molecule has 0 aliphatic heterocycles. The molecule has 2 rings (SSSR count). The van der Waals surface area contributed by atoms with Crippen LogP contribution in [0, 0.1) is 5.92 Å². The molecule has 0 radical (unpaired) electrons. The molecule has 6 heteroatoms. The number of anilines is 1. The third-order valence-electron chi connectivity index (χ3n) is 3.56. The van der Waals surface area contributed by atoms with Crippen molar-refractivity contribution in [2.45, 2.75) is 13.8 Å². The summed E-state index contributed by atoms with van der Waals surface area (Å²) in [7, 11) is 3.40. The summed E-state index contributed by atoms with van der Waals surface area (Å²) in [5, 5.41) is 2.83. The van der Waals surface area contributed by atoms with Gasteiger partial charge in [-0.3, -0.25) is 9.59 Å². The maximum absolute atomic E-state index is 12.4. The third kappa shape index (κ3) is 5.33. The molecule has 0 aliphatic carbocycles. The number of nitrogens with one attached hydrogen (secondary N) is 1. The van der Waals surface area contributed by atoms with E-state index in [0.29, 0.717) is 35.1 Å². The molecule has 138 valence electrons. The van der Waals surface area contributed by atoms with E-state index < -0.39 is 0 Å². The quantitative estimate of drug-likeness (QED) is 0.753. The van der Waals surface area contributed by atoms with Gasteiger partial charge in [0.25, 0.3) is 11.8 Å². The first kappa shape index (κ1) is 20.0. The Bertz CT molecular complexity index is 786. The summed E-state index contributed by atoms with van der Waals surface area (Å²) >= 11 is 3.44. The minimum atomic E-state index is -0.229. The van der Waals surface area contributed by atoms with Crippen LogP contribution in [0.4, 0.5) is 5.69 Å². The Morgan fingerprint density at radius 1 is 1.08 bits per heavy atom. The average molecular weight is 419 g/mol. The summed E-state index contributed by atoms with van der Waals surface area (Å²) in [6.45, 7) is 4.77. The molecule has 0 heterocycles. The van der Waals surface area contributed by atoms with Crippen molar-refractivity contribution >= 4 is 33.4 Å². The van der Waals surface area contributed by atoms with Gasteiger partial charge in [0.15, 0.2) is 0 Å². The first-order chi connectivity index (χ1) is 12.3. The number of amides is 2. The number of halogens is 1. The van der Waals surface area contributed by atoms with Crippen molar-refractivity contribution < 1.29 is 14.3 Å². The molecule has 2 aromatic rings. The highest BCUT2D eigenvalue weighted by atomic mass is 79.9. The molecule has 0 fully saturated rings. The Labute approximate surface area is 162 Å². The van der Waals surface area contributed by atoms with Crippen LogP contribution in [0.15, 0.2) is 46.9 Å². The molecule has 0 aromatic heterocycles. The Morgan fingerprint density at radius 2 is 1.69 bits per heavy atom. The summed E-state index contributed by atoms with van der Waals surface area (Å²) in [5.74, 6) is 0.825. The van der Waals surface area contributed by atoms with E-state index in [9.17, 15) is 9.59 Å². The van der Waals surface area contributed by atoms with Gasteiger partial charge < -0.3 is 15.0 Å². The highest BCUT2D eigenvalue weighted by molar-refractivity contribution is 9.10. The Morgan fingerprint density at radius 3 is 2.23 bits per heavy atom. The molecule has 26 heavy (non-hydrogen) atoms. The third-order valence-corrected chi connectivity index (χ3v) is 4.18. The van der Waals surface area contributed by atoms with E-state index in [1.165, 1.54) is 4.90 Å². The first-order valence-electron chi connectivity index (χ1n) is 8.33. The summed E-state index contributed by atoms with van der Waals surface area (Å²) in [4.78, 5) is 25.8. The zero-order valence-electron chi connectivity index (χ0n) is 15.4. The van der Waals surface area contributed by atoms with Crippen LogP contribution in [0.25, 0.3) is 0 Å². The lowest BCUT2D eigenvalue weighted by Crippen LogP contribution is -2.21. The van der Waals surface area contributed by atoms with Gasteiger partial charge in [-0.05, 0) is 64.3 Å². The van der Waals surface area contributed by atoms with Gasteiger partial charge in [0.2, 0.25) is 0 Å². The molecule has 0 bridgehead atoms. The summed E-state index contributed by atoms with van der Waals surface area (Å²) in [5.41, 5.74) is 1.71. The van der Waals surface area contributed by atoms with Crippen molar-refractivity contribution in [3.63, 3.8) is 0 Å². The summed E-state index contributed by atoms with van der Waals surface area (Å²) in [6, 6.07) is 12.0. The second-order valence-corrected chi connectivity index (χ2v) is 7.44. The molecule has 0 spiro atoms. The van der Waals surface area contributed by atoms with E-state index in [1.807, 2.05) is 0 Å². The van der Waals surface area contributed by atoms with Crippen molar-refractivity contribution in [1.82, 2.24) is 4.90 Å². The fourth-order valence-corrected chi connectivity index (χ4v) is 2.67. The van der Waals surface area contributed by atoms with Crippen LogP contribution < -0.4 is 10.1 Å². The second-order valence-electron chi connectivity index (χ2n) is 6.58. The predicted molar refractivity (Wildman–Crippen MR) is 107 cm³/mol. The van der Waals surface area contributed by atoms with Crippen molar-refractivity contribution in [2.75, 3.05) is 26.0 Å². The maximum atomic E-state index is 12.4. The molecule has 0 unspecified atom stereocenters. The fourth-order valence-electron chi connectivity index (χ4n) is 2.17. The van der Waals surface area contributed by atoms with Gasteiger partial charge in [-0.1, -0.05) is 13.8 Å². The van der Waals surface area contributed by atoms with Gasteiger partial charge in [-0.2, -0.15) is 0 Å². The minimum Gasteiger partial charge on any atom is -0.492 e. The van der Waals surface area contributed by atoms with Gasteiger partial charge in [0.1, 0.15) is 5.75 Å².